The molecule has 1 aromatic carbocycles. The molecule has 1 N–H and O–H groups in total. The first-order valence-electron chi connectivity index (χ1n) is 6.65. The van der Waals surface area contributed by atoms with E-state index in [0.29, 0.717) is 5.75 Å². The maximum Gasteiger partial charge on any atom is 0.119 e. The van der Waals surface area contributed by atoms with Crippen molar-refractivity contribution in [3.8, 4) is 5.75 Å². The monoisotopic (exact) mass is 232 g/mol. The summed E-state index contributed by atoms with van der Waals surface area (Å²) in [6.45, 7) is 11.2. The Labute approximate surface area is 105 Å². The molecular weight excluding hydrogens is 208 g/mol. The number of fused-ring (bicyclic) bond motifs is 1. The second-order valence-electron chi connectivity index (χ2n) is 6.66. The molecule has 0 aromatic heterocycles. The van der Waals surface area contributed by atoms with E-state index >= 15 is 0 Å². The van der Waals surface area contributed by atoms with Crippen molar-refractivity contribution in [3.05, 3.63) is 28.8 Å². The molecule has 0 fully saturated rings. The molecule has 1 aliphatic carbocycles. The summed E-state index contributed by atoms with van der Waals surface area (Å²) in [5.41, 5.74) is 4.05. The fourth-order valence-electron chi connectivity index (χ4n) is 3.02. The molecule has 0 amide bonds. The molecule has 0 atom stereocenters. The highest BCUT2D eigenvalue weighted by molar-refractivity contribution is 5.51. The van der Waals surface area contributed by atoms with Crippen molar-refractivity contribution in [1.29, 1.82) is 0 Å². The number of benzene rings is 1. The summed E-state index contributed by atoms with van der Waals surface area (Å²) in [4.78, 5) is 0. The lowest BCUT2D eigenvalue weighted by Crippen LogP contribution is -2.34. The molecule has 1 aromatic rings. The summed E-state index contributed by atoms with van der Waals surface area (Å²) in [5, 5.41) is 10.3. The van der Waals surface area contributed by atoms with Gasteiger partial charge in [0.05, 0.1) is 0 Å². The zero-order valence-electron chi connectivity index (χ0n) is 11.7. The van der Waals surface area contributed by atoms with Gasteiger partial charge in [-0.15, -0.1) is 0 Å². The fraction of sp³-hybridized carbons (Fsp3) is 0.625. The first-order chi connectivity index (χ1) is 7.78. The van der Waals surface area contributed by atoms with Crippen LogP contribution < -0.4 is 0 Å². The van der Waals surface area contributed by atoms with Crippen LogP contribution in [0.25, 0.3) is 0 Å². The van der Waals surface area contributed by atoms with Crippen molar-refractivity contribution in [2.24, 2.45) is 0 Å². The van der Waals surface area contributed by atoms with Crippen LogP contribution in [0.4, 0.5) is 0 Å². The highest BCUT2D eigenvalue weighted by atomic mass is 16.3. The van der Waals surface area contributed by atoms with Crippen LogP contribution in [0.15, 0.2) is 12.1 Å². The van der Waals surface area contributed by atoms with Crippen LogP contribution in [0, 0.1) is 0 Å². The molecule has 0 bridgehead atoms. The van der Waals surface area contributed by atoms with Gasteiger partial charge in [-0.1, -0.05) is 40.7 Å². The van der Waals surface area contributed by atoms with Gasteiger partial charge in [0, 0.05) is 5.56 Å². The molecule has 2 rings (SSSR count). The van der Waals surface area contributed by atoms with E-state index in [-0.39, 0.29) is 10.8 Å². The van der Waals surface area contributed by atoms with Gasteiger partial charge in [-0.25, -0.2) is 0 Å². The Hall–Kier alpha value is -0.980. The van der Waals surface area contributed by atoms with Gasteiger partial charge in [-0.05, 0) is 47.3 Å². The standard InChI is InChI=1S/C16H24O/c1-6-11-9-12-14(13(17)10-11)16(4,5)8-7-15(12,2)3/h9-10,17H,6-8H2,1-5H3. The average Bonchev–Trinajstić information content (AvgIpc) is 2.23. The average molecular weight is 232 g/mol. The van der Waals surface area contributed by atoms with Crippen LogP contribution in [0.3, 0.4) is 0 Å². The quantitative estimate of drug-likeness (QED) is 0.765. The van der Waals surface area contributed by atoms with E-state index in [1.165, 1.54) is 23.1 Å². The third kappa shape index (κ3) is 1.96. The van der Waals surface area contributed by atoms with Crippen LogP contribution in [-0.4, -0.2) is 5.11 Å². The summed E-state index contributed by atoms with van der Waals surface area (Å²) >= 11 is 0. The van der Waals surface area contributed by atoms with Gasteiger partial charge < -0.3 is 5.11 Å². The van der Waals surface area contributed by atoms with Gasteiger partial charge in [0.2, 0.25) is 0 Å². The Morgan fingerprint density at radius 1 is 1.06 bits per heavy atom. The second-order valence-corrected chi connectivity index (χ2v) is 6.66. The fourth-order valence-corrected chi connectivity index (χ4v) is 3.02. The van der Waals surface area contributed by atoms with Gasteiger partial charge in [0.15, 0.2) is 0 Å². The van der Waals surface area contributed by atoms with E-state index < -0.39 is 0 Å². The summed E-state index contributed by atoms with van der Waals surface area (Å²) in [6, 6.07) is 4.25. The van der Waals surface area contributed by atoms with Crippen molar-refractivity contribution in [2.45, 2.75) is 64.7 Å². The van der Waals surface area contributed by atoms with E-state index in [9.17, 15) is 5.11 Å². The van der Waals surface area contributed by atoms with Gasteiger partial charge in [0.25, 0.3) is 0 Å². The van der Waals surface area contributed by atoms with Gasteiger partial charge in [-0.2, -0.15) is 0 Å². The van der Waals surface area contributed by atoms with Crippen LogP contribution in [0.2, 0.25) is 0 Å². The molecule has 0 spiro atoms. The summed E-state index contributed by atoms with van der Waals surface area (Å²) < 4.78 is 0. The third-order valence-corrected chi connectivity index (χ3v) is 4.37. The van der Waals surface area contributed by atoms with Crippen molar-refractivity contribution in [3.63, 3.8) is 0 Å². The van der Waals surface area contributed by atoms with E-state index in [4.69, 9.17) is 0 Å². The van der Waals surface area contributed by atoms with Crippen LogP contribution in [0.5, 0.6) is 5.75 Å². The predicted octanol–water partition coefficient (Wildman–Crippen LogP) is 4.30. The lowest BCUT2D eigenvalue weighted by atomic mass is 9.62. The molecule has 0 radical (unpaired) electrons. The molecule has 17 heavy (non-hydrogen) atoms. The number of rotatable bonds is 1. The van der Waals surface area contributed by atoms with Crippen molar-refractivity contribution in [1.82, 2.24) is 0 Å². The number of hydrogen-bond donors (Lipinski definition) is 1. The molecule has 1 nitrogen and oxygen atoms in total. The van der Waals surface area contributed by atoms with Crippen LogP contribution in [0.1, 0.15) is 64.2 Å². The minimum Gasteiger partial charge on any atom is -0.508 e. The maximum atomic E-state index is 10.3. The number of aryl methyl sites for hydroxylation is 1. The Morgan fingerprint density at radius 2 is 1.65 bits per heavy atom. The summed E-state index contributed by atoms with van der Waals surface area (Å²) in [5.74, 6) is 0.497. The van der Waals surface area contributed by atoms with Crippen molar-refractivity contribution >= 4 is 0 Å². The molecular formula is C16H24O. The van der Waals surface area contributed by atoms with Crippen molar-refractivity contribution in [2.75, 3.05) is 0 Å². The zero-order chi connectivity index (χ0) is 12.8. The normalized spacial score (nSPS) is 21.0. The third-order valence-electron chi connectivity index (χ3n) is 4.37. The summed E-state index contributed by atoms with van der Waals surface area (Å²) in [6.07, 6.45) is 3.32. The molecule has 1 aliphatic rings. The van der Waals surface area contributed by atoms with Crippen LogP contribution >= 0.6 is 0 Å². The molecule has 0 saturated carbocycles. The van der Waals surface area contributed by atoms with Gasteiger partial charge in [0.1, 0.15) is 5.75 Å². The topological polar surface area (TPSA) is 20.2 Å². The minimum absolute atomic E-state index is 0.0984. The minimum atomic E-state index is 0.0984. The summed E-state index contributed by atoms with van der Waals surface area (Å²) in [7, 11) is 0. The van der Waals surface area contributed by atoms with Gasteiger partial charge in [-0.3, -0.25) is 0 Å². The smallest absolute Gasteiger partial charge is 0.119 e. The molecule has 1 heteroatoms. The molecule has 0 saturated heterocycles. The lowest BCUT2D eigenvalue weighted by molar-refractivity contribution is 0.317. The van der Waals surface area contributed by atoms with E-state index in [1.54, 1.807) is 0 Å². The number of aromatic hydroxyl groups is 1. The highest BCUT2D eigenvalue weighted by Crippen LogP contribution is 2.49. The molecule has 0 heterocycles. The van der Waals surface area contributed by atoms with Crippen molar-refractivity contribution < 1.29 is 5.11 Å². The highest BCUT2D eigenvalue weighted by Gasteiger charge is 2.39. The lowest BCUT2D eigenvalue weighted by Gasteiger charge is -2.42. The molecule has 94 valence electrons. The number of hydrogen-bond acceptors (Lipinski definition) is 1. The zero-order valence-corrected chi connectivity index (χ0v) is 11.7. The number of phenols is 1. The van der Waals surface area contributed by atoms with E-state index in [0.717, 1.165) is 12.8 Å². The Balaban J connectivity index is 2.71. The van der Waals surface area contributed by atoms with E-state index in [2.05, 4.69) is 40.7 Å². The van der Waals surface area contributed by atoms with Gasteiger partial charge >= 0.3 is 0 Å². The first-order valence-corrected chi connectivity index (χ1v) is 6.65. The SMILES string of the molecule is CCc1cc(O)c2c(c1)C(C)(C)CCC2(C)C. The maximum absolute atomic E-state index is 10.3. The molecule has 0 unspecified atom stereocenters. The van der Waals surface area contributed by atoms with E-state index in [1.807, 2.05) is 6.07 Å². The largest absolute Gasteiger partial charge is 0.508 e. The number of phenolic OH excluding ortho intramolecular Hbond substituents is 1. The molecule has 0 aliphatic heterocycles. The second kappa shape index (κ2) is 3.76. The first kappa shape index (κ1) is 12.5. The Morgan fingerprint density at radius 3 is 2.24 bits per heavy atom. The Bertz CT molecular complexity index is 441. The van der Waals surface area contributed by atoms with Crippen LogP contribution in [-0.2, 0) is 17.3 Å². The predicted molar refractivity (Wildman–Crippen MR) is 72.8 cm³/mol. The Kier molecular flexibility index (Phi) is 2.76.